The highest BCUT2D eigenvalue weighted by molar-refractivity contribution is 7.09. The predicted octanol–water partition coefficient (Wildman–Crippen LogP) is 3.99. The van der Waals surface area contributed by atoms with Crippen LogP contribution in [0.2, 0.25) is 0 Å². The normalized spacial score (nSPS) is 16.8. The third-order valence-corrected chi connectivity index (χ3v) is 6.55. The van der Waals surface area contributed by atoms with E-state index in [1.54, 1.807) is 17.6 Å². The molecule has 5 nitrogen and oxygen atoms in total. The fourth-order valence-electron chi connectivity index (χ4n) is 3.97. The zero-order valence-electron chi connectivity index (χ0n) is 16.7. The molecule has 2 aromatic rings. The minimum atomic E-state index is 0.163. The summed E-state index contributed by atoms with van der Waals surface area (Å²) in [5.41, 5.74) is 0.163. The summed E-state index contributed by atoms with van der Waals surface area (Å²) in [6.07, 6.45) is 10.6. The lowest BCUT2D eigenvalue weighted by atomic mass is 9.72. The van der Waals surface area contributed by atoms with E-state index in [9.17, 15) is 5.11 Å². The van der Waals surface area contributed by atoms with Crippen LogP contribution >= 0.6 is 11.3 Å². The van der Waals surface area contributed by atoms with Gasteiger partial charge in [0, 0.05) is 37.5 Å². The van der Waals surface area contributed by atoms with Crippen molar-refractivity contribution in [2.75, 3.05) is 26.2 Å². The molecule has 0 spiro atoms. The van der Waals surface area contributed by atoms with Gasteiger partial charge >= 0.3 is 0 Å². The quantitative estimate of drug-likeness (QED) is 0.414. The van der Waals surface area contributed by atoms with Crippen LogP contribution in [0, 0.1) is 5.41 Å². The van der Waals surface area contributed by atoms with Gasteiger partial charge in [0.25, 0.3) is 0 Å². The van der Waals surface area contributed by atoms with Crippen LogP contribution in [0.25, 0.3) is 0 Å². The first-order chi connectivity index (χ1) is 13.8. The highest BCUT2D eigenvalue weighted by Gasteiger charge is 2.31. The topological polar surface area (TPSA) is 69.8 Å². The van der Waals surface area contributed by atoms with Crippen molar-refractivity contribution in [3.05, 3.63) is 46.5 Å². The van der Waals surface area contributed by atoms with E-state index >= 15 is 0 Å². The van der Waals surface area contributed by atoms with E-state index in [2.05, 4.69) is 28.1 Å². The Balaban J connectivity index is 1.56. The summed E-state index contributed by atoms with van der Waals surface area (Å²) < 4.78 is 5.42. The number of aliphatic imine (C=N–C) groups is 1. The summed E-state index contributed by atoms with van der Waals surface area (Å²) in [6, 6.07) is 8.19. The lowest BCUT2D eigenvalue weighted by Crippen LogP contribution is -2.40. The van der Waals surface area contributed by atoms with Crippen molar-refractivity contribution in [1.82, 2.24) is 10.6 Å². The molecule has 154 valence electrons. The van der Waals surface area contributed by atoms with E-state index in [-0.39, 0.29) is 12.0 Å². The second-order valence-electron chi connectivity index (χ2n) is 7.71. The molecular formula is C22H33N3O2S. The summed E-state index contributed by atoms with van der Waals surface area (Å²) >= 11 is 1.79. The molecule has 1 saturated carbocycles. The maximum atomic E-state index is 9.55. The number of hydrogen-bond acceptors (Lipinski definition) is 4. The fraction of sp³-hybridized carbons (Fsp3) is 0.591. The maximum absolute atomic E-state index is 9.55. The van der Waals surface area contributed by atoms with Gasteiger partial charge in [-0.1, -0.05) is 25.3 Å². The molecular weight excluding hydrogens is 370 g/mol. The summed E-state index contributed by atoms with van der Waals surface area (Å²) in [7, 11) is 0. The smallest absolute Gasteiger partial charge is 0.191 e. The van der Waals surface area contributed by atoms with Crippen LogP contribution < -0.4 is 10.6 Å². The average Bonchev–Trinajstić information content (AvgIpc) is 3.41. The van der Waals surface area contributed by atoms with Crippen molar-refractivity contribution in [2.45, 2.75) is 51.4 Å². The van der Waals surface area contributed by atoms with Gasteiger partial charge in [0.05, 0.1) is 6.26 Å². The van der Waals surface area contributed by atoms with E-state index in [1.807, 2.05) is 12.1 Å². The molecule has 0 bridgehead atoms. The lowest BCUT2D eigenvalue weighted by molar-refractivity contribution is 0.137. The summed E-state index contributed by atoms with van der Waals surface area (Å²) in [6.45, 7) is 2.68. The Morgan fingerprint density at radius 3 is 2.61 bits per heavy atom. The van der Waals surface area contributed by atoms with Crippen molar-refractivity contribution in [1.29, 1.82) is 0 Å². The summed E-state index contributed by atoms with van der Waals surface area (Å²) in [5, 5.41) is 18.6. The van der Waals surface area contributed by atoms with E-state index in [4.69, 9.17) is 9.41 Å². The molecule has 0 amide bonds. The number of nitrogens with one attached hydrogen (secondary N) is 2. The zero-order valence-corrected chi connectivity index (χ0v) is 17.5. The van der Waals surface area contributed by atoms with Crippen LogP contribution in [-0.4, -0.2) is 37.3 Å². The number of furan rings is 1. The molecule has 3 rings (SSSR count). The first kappa shape index (κ1) is 20.9. The number of hydrogen-bond donors (Lipinski definition) is 3. The van der Waals surface area contributed by atoms with Gasteiger partial charge in [0.2, 0.25) is 0 Å². The summed E-state index contributed by atoms with van der Waals surface area (Å²) in [5.74, 6) is 1.85. The first-order valence-electron chi connectivity index (χ1n) is 10.5. The largest absolute Gasteiger partial charge is 0.469 e. The van der Waals surface area contributed by atoms with E-state index < -0.39 is 0 Å². The van der Waals surface area contributed by atoms with Gasteiger partial charge in [0.15, 0.2) is 5.96 Å². The van der Waals surface area contributed by atoms with E-state index in [1.165, 1.54) is 37.0 Å². The van der Waals surface area contributed by atoms with Crippen molar-refractivity contribution < 1.29 is 9.52 Å². The van der Waals surface area contributed by atoms with Crippen LogP contribution in [-0.2, 0) is 12.8 Å². The SMILES string of the molecule is OCCC1(CN=C(NCCc2ccco2)NCCc2cccs2)CCCCC1. The molecule has 3 N–H and O–H groups in total. The second-order valence-corrected chi connectivity index (χ2v) is 8.74. The molecule has 0 atom stereocenters. The minimum absolute atomic E-state index is 0.163. The van der Waals surface area contributed by atoms with Crippen molar-refractivity contribution in [3.8, 4) is 0 Å². The molecule has 0 aromatic carbocycles. The Labute approximate surface area is 172 Å². The second kappa shape index (κ2) is 11.3. The van der Waals surface area contributed by atoms with Gasteiger partial charge in [0.1, 0.15) is 5.76 Å². The Hall–Kier alpha value is -1.79. The van der Waals surface area contributed by atoms with Crippen LogP contribution in [0.5, 0.6) is 0 Å². The third-order valence-electron chi connectivity index (χ3n) is 5.62. The average molecular weight is 404 g/mol. The van der Waals surface area contributed by atoms with Gasteiger partial charge in [-0.15, -0.1) is 11.3 Å². The molecule has 2 aromatic heterocycles. The number of aliphatic hydroxyl groups is 1. The number of rotatable bonds is 10. The number of guanidine groups is 1. The monoisotopic (exact) mass is 403 g/mol. The molecule has 2 heterocycles. The molecule has 1 aliphatic rings. The predicted molar refractivity (Wildman–Crippen MR) is 116 cm³/mol. The van der Waals surface area contributed by atoms with Gasteiger partial charge < -0.3 is 20.2 Å². The van der Waals surface area contributed by atoms with Gasteiger partial charge in [-0.05, 0) is 54.7 Å². The molecule has 0 saturated heterocycles. The maximum Gasteiger partial charge on any atom is 0.191 e. The molecule has 1 aliphatic carbocycles. The van der Waals surface area contributed by atoms with Crippen molar-refractivity contribution in [3.63, 3.8) is 0 Å². The number of thiophene rings is 1. The molecule has 1 fully saturated rings. The van der Waals surface area contributed by atoms with Gasteiger partial charge in [-0.2, -0.15) is 0 Å². The van der Waals surface area contributed by atoms with Gasteiger partial charge in [-0.25, -0.2) is 0 Å². The lowest BCUT2D eigenvalue weighted by Gasteiger charge is -2.35. The molecule has 6 heteroatoms. The molecule has 28 heavy (non-hydrogen) atoms. The first-order valence-corrected chi connectivity index (χ1v) is 11.4. The third kappa shape index (κ3) is 6.67. The van der Waals surface area contributed by atoms with Crippen LogP contribution in [0.3, 0.4) is 0 Å². The van der Waals surface area contributed by atoms with Crippen molar-refractivity contribution >= 4 is 17.3 Å². The Morgan fingerprint density at radius 1 is 1.11 bits per heavy atom. The van der Waals surface area contributed by atoms with Crippen LogP contribution in [0.1, 0.15) is 49.2 Å². The Bertz CT molecular complexity index is 629. The molecule has 0 unspecified atom stereocenters. The standard InChI is InChI=1S/C22H33N3O2S/c26-15-12-22(10-2-1-3-11-22)18-25-21(23-13-8-19-6-4-16-27-19)24-14-9-20-7-5-17-28-20/h4-7,16-17,26H,1-3,8-15,18H2,(H2,23,24,25). The summed E-state index contributed by atoms with van der Waals surface area (Å²) in [4.78, 5) is 6.31. The van der Waals surface area contributed by atoms with Gasteiger partial charge in [-0.3, -0.25) is 4.99 Å². The Morgan fingerprint density at radius 2 is 1.93 bits per heavy atom. The van der Waals surface area contributed by atoms with E-state index in [0.29, 0.717) is 0 Å². The fourth-order valence-corrected chi connectivity index (χ4v) is 4.67. The highest BCUT2D eigenvalue weighted by Crippen LogP contribution is 2.39. The highest BCUT2D eigenvalue weighted by atomic mass is 32.1. The number of nitrogens with zero attached hydrogens (tertiary/aromatic N) is 1. The minimum Gasteiger partial charge on any atom is -0.469 e. The number of aliphatic hydroxyl groups excluding tert-OH is 1. The molecule has 0 radical (unpaired) electrons. The van der Waals surface area contributed by atoms with E-state index in [0.717, 1.165) is 50.6 Å². The van der Waals surface area contributed by atoms with Crippen molar-refractivity contribution in [2.24, 2.45) is 10.4 Å². The molecule has 0 aliphatic heterocycles. The Kier molecular flexibility index (Phi) is 8.42. The van der Waals surface area contributed by atoms with Crippen LogP contribution in [0.4, 0.5) is 0 Å². The van der Waals surface area contributed by atoms with Crippen LogP contribution in [0.15, 0.2) is 45.3 Å². The zero-order chi connectivity index (χ0) is 19.5.